The average Bonchev–Trinajstić information content (AvgIpc) is 2.26. The molecule has 16 heavy (non-hydrogen) atoms. The molecule has 0 heterocycles. The number of hydroxylamine groups is 1. The summed E-state index contributed by atoms with van der Waals surface area (Å²) in [6, 6.07) is 5.10. The molecule has 0 spiro atoms. The zero-order valence-electron chi connectivity index (χ0n) is 9.99. The molecule has 0 radical (unpaired) electrons. The first-order chi connectivity index (χ1) is 7.63. The second-order valence-corrected chi connectivity index (χ2v) is 4.02. The van der Waals surface area contributed by atoms with Crippen molar-refractivity contribution in [1.82, 2.24) is 5.48 Å². The van der Waals surface area contributed by atoms with Crippen LogP contribution in [-0.4, -0.2) is 18.8 Å². The molecule has 0 aliphatic carbocycles. The van der Waals surface area contributed by atoms with E-state index in [2.05, 4.69) is 19.3 Å². The minimum absolute atomic E-state index is 0.237. The van der Waals surface area contributed by atoms with Crippen molar-refractivity contribution in [2.45, 2.75) is 20.4 Å². The fourth-order valence-corrected chi connectivity index (χ4v) is 1.18. The quantitative estimate of drug-likeness (QED) is 0.575. The summed E-state index contributed by atoms with van der Waals surface area (Å²) in [6.45, 7) is 5.25. The smallest absolute Gasteiger partial charge is 0.120 e. The second kappa shape index (κ2) is 6.35. The van der Waals surface area contributed by atoms with Crippen LogP contribution in [0, 0.1) is 5.92 Å². The predicted molar refractivity (Wildman–Crippen MR) is 62.3 cm³/mol. The first-order valence-electron chi connectivity index (χ1n) is 5.34. The third-order valence-corrected chi connectivity index (χ3v) is 2.07. The number of hydrogen-bond donors (Lipinski definition) is 2. The first kappa shape index (κ1) is 12.8. The van der Waals surface area contributed by atoms with Crippen molar-refractivity contribution in [3.05, 3.63) is 23.8 Å². The van der Waals surface area contributed by atoms with Crippen LogP contribution in [0.15, 0.2) is 18.2 Å². The van der Waals surface area contributed by atoms with Crippen LogP contribution in [0.4, 0.5) is 0 Å². The summed E-state index contributed by atoms with van der Waals surface area (Å²) in [4.78, 5) is 5.23. The lowest BCUT2D eigenvalue weighted by atomic mass is 10.2. The number of nitrogens with one attached hydrogen (secondary N) is 1. The molecule has 0 unspecified atom stereocenters. The highest BCUT2D eigenvalue weighted by atomic mass is 16.6. The summed E-state index contributed by atoms with van der Waals surface area (Å²) >= 11 is 0. The Hall–Kier alpha value is -1.26. The molecule has 0 fully saturated rings. The molecule has 0 aliphatic rings. The summed E-state index contributed by atoms with van der Waals surface area (Å²) in [5.74, 6) is 1.44. The maximum absolute atomic E-state index is 9.59. The minimum atomic E-state index is 0.237. The molecule has 0 amide bonds. The van der Waals surface area contributed by atoms with Gasteiger partial charge in [-0.05, 0) is 24.1 Å². The van der Waals surface area contributed by atoms with Crippen molar-refractivity contribution in [3.8, 4) is 11.5 Å². The number of phenols is 1. The molecule has 90 valence electrons. The molecule has 2 N–H and O–H groups in total. The fourth-order valence-electron chi connectivity index (χ4n) is 1.18. The number of methoxy groups -OCH3 is 1. The molecule has 0 saturated carbocycles. The molecule has 1 aromatic rings. The Bertz CT molecular complexity index is 326. The van der Waals surface area contributed by atoms with Gasteiger partial charge in [-0.25, -0.2) is 0 Å². The van der Waals surface area contributed by atoms with Gasteiger partial charge in [-0.3, -0.25) is 0 Å². The molecule has 0 aromatic heterocycles. The SMILES string of the molecule is COc1ccc(O)c(CNOCC(C)C)c1. The van der Waals surface area contributed by atoms with Gasteiger partial charge in [0.1, 0.15) is 11.5 Å². The van der Waals surface area contributed by atoms with Gasteiger partial charge in [0.05, 0.1) is 13.7 Å². The normalized spacial score (nSPS) is 10.8. The van der Waals surface area contributed by atoms with Gasteiger partial charge in [-0.2, -0.15) is 5.48 Å². The lowest BCUT2D eigenvalue weighted by Crippen LogP contribution is -2.17. The third kappa shape index (κ3) is 4.08. The number of ether oxygens (including phenoxy) is 1. The minimum Gasteiger partial charge on any atom is -0.508 e. The Morgan fingerprint density at radius 2 is 2.12 bits per heavy atom. The van der Waals surface area contributed by atoms with Gasteiger partial charge in [0.2, 0.25) is 0 Å². The molecule has 1 rings (SSSR count). The molecule has 0 bridgehead atoms. The molecule has 4 nitrogen and oxygen atoms in total. The standard InChI is InChI=1S/C12H19NO3/c1-9(2)8-16-13-7-10-6-11(15-3)4-5-12(10)14/h4-6,9,13-14H,7-8H2,1-3H3. The summed E-state index contributed by atoms with van der Waals surface area (Å²) < 4.78 is 5.07. The second-order valence-electron chi connectivity index (χ2n) is 4.02. The Labute approximate surface area is 96.1 Å². The zero-order valence-corrected chi connectivity index (χ0v) is 9.99. The van der Waals surface area contributed by atoms with Crippen LogP contribution in [0.3, 0.4) is 0 Å². The van der Waals surface area contributed by atoms with Crippen LogP contribution in [0.1, 0.15) is 19.4 Å². The van der Waals surface area contributed by atoms with Crippen molar-refractivity contribution in [3.63, 3.8) is 0 Å². The molecule has 4 heteroatoms. The highest BCUT2D eigenvalue weighted by molar-refractivity contribution is 5.39. The van der Waals surface area contributed by atoms with Gasteiger partial charge in [-0.1, -0.05) is 13.8 Å². The number of rotatable bonds is 6. The molecule has 0 aliphatic heterocycles. The largest absolute Gasteiger partial charge is 0.508 e. The van der Waals surface area contributed by atoms with Gasteiger partial charge >= 0.3 is 0 Å². The number of aromatic hydroxyl groups is 1. The number of hydrogen-bond acceptors (Lipinski definition) is 4. The Kier molecular flexibility index (Phi) is 5.08. The Morgan fingerprint density at radius 3 is 2.75 bits per heavy atom. The van der Waals surface area contributed by atoms with Crippen LogP contribution < -0.4 is 10.2 Å². The fraction of sp³-hybridized carbons (Fsp3) is 0.500. The van der Waals surface area contributed by atoms with Crippen molar-refractivity contribution >= 4 is 0 Å². The van der Waals surface area contributed by atoms with Crippen LogP contribution in [-0.2, 0) is 11.4 Å². The van der Waals surface area contributed by atoms with Crippen LogP contribution in [0.5, 0.6) is 11.5 Å². The molecule has 0 saturated heterocycles. The van der Waals surface area contributed by atoms with E-state index in [0.29, 0.717) is 19.1 Å². The van der Waals surface area contributed by atoms with E-state index in [9.17, 15) is 5.11 Å². The molecule has 0 atom stereocenters. The Balaban J connectivity index is 2.46. The van der Waals surface area contributed by atoms with E-state index in [0.717, 1.165) is 11.3 Å². The summed E-state index contributed by atoms with van der Waals surface area (Å²) in [5.41, 5.74) is 3.56. The van der Waals surface area contributed by atoms with Gasteiger partial charge in [0, 0.05) is 12.1 Å². The van der Waals surface area contributed by atoms with Crippen LogP contribution >= 0.6 is 0 Å². The molecular weight excluding hydrogens is 206 g/mol. The topological polar surface area (TPSA) is 50.7 Å². The summed E-state index contributed by atoms with van der Waals surface area (Å²) in [5, 5.41) is 9.59. The zero-order chi connectivity index (χ0) is 12.0. The molecule has 1 aromatic carbocycles. The third-order valence-electron chi connectivity index (χ3n) is 2.07. The first-order valence-corrected chi connectivity index (χ1v) is 5.34. The van der Waals surface area contributed by atoms with E-state index < -0.39 is 0 Å². The maximum Gasteiger partial charge on any atom is 0.120 e. The van der Waals surface area contributed by atoms with E-state index in [4.69, 9.17) is 9.57 Å². The van der Waals surface area contributed by atoms with Crippen molar-refractivity contribution < 1.29 is 14.7 Å². The van der Waals surface area contributed by atoms with Crippen molar-refractivity contribution in [1.29, 1.82) is 0 Å². The number of phenolic OH excluding ortho intramolecular Hbond substituents is 1. The highest BCUT2D eigenvalue weighted by Gasteiger charge is 2.03. The predicted octanol–water partition coefficient (Wildman–Crippen LogP) is 2.08. The summed E-state index contributed by atoms with van der Waals surface area (Å²) in [6.07, 6.45) is 0. The summed E-state index contributed by atoms with van der Waals surface area (Å²) in [7, 11) is 1.60. The lowest BCUT2D eigenvalue weighted by Gasteiger charge is -2.10. The Morgan fingerprint density at radius 1 is 1.38 bits per heavy atom. The number of benzene rings is 1. The van der Waals surface area contributed by atoms with Crippen molar-refractivity contribution in [2.75, 3.05) is 13.7 Å². The molecular formula is C12H19NO3. The van der Waals surface area contributed by atoms with E-state index in [1.54, 1.807) is 25.3 Å². The van der Waals surface area contributed by atoms with Gasteiger partial charge in [0.25, 0.3) is 0 Å². The van der Waals surface area contributed by atoms with Gasteiger partial charge in [-0.15, -0.1) is 0 Å². The van der Waals surface area contributed by atoms with E-state index in [1.165, 1.54) is 0 Å². The lowest BCUT2D eigenvalue weighted by molar-refractivity contribution is 0.0193. The van der Waals surface area contributed by atoms with Crippen LogP contribution in [0.25, 0.3) is 0 Å². The van der Waals surface area contributed by atoms with E-state index >= 15 is 0 Å². The van der Waals surface area contributed by atoms with E-state index in [-0.39, 0.29) is 5.75 Å². The van der Waals surface area contributed by atoms with Gasteiger partial charge in [0.15, 0.2) is 0 Å². The maximum atomic E-state index is 9.59. The van der Waals surface area contributed by atoms with Gasteiger partial charge < -0.3 is 14.7 Å². The highest BCUT2D eigenvalue weighted by Crippen LogP contribution is 2.22. The van der Waals surface area contributed by atoms with E-state index in [1.807, 2.05) is 0 Å². The van der Waals surface area contributed by atoms with Crippen molar-refractivity contribution in [2.24, 2.45) is 5.92 Å². The van der Waals surface area contributed by atoms with Crippen LogP contribution in [0.2, 0.25) is 0 Å². The monoisotopic (exact) mass is 225 g/mol. The average molecular weight is 225 g/mol.